The molecule has 0 aromatic carbocycles. The van der Waals surface area contributed by atoms with Crippen molar-refractivity contribution < 1.29 is 13.5 Å². The molecule has 2 N–H and O–H groups in total. The van der Waals surface area contributed by atoms with E-state index in [-0.39, 0.29) is 17.2 Å². The van der Waals surface area contributed by atoms with Crippen LogP contribution in [0.4, 0.5) is 0 Å². The molecule has 0 saturated heterocycles. The van der Waals surface area contributed by atoms with Gasteiger partial charge in [0.1, 0.15) is 0 Å². The lowest BCUT2D eigenvalue weighted by molar-refractivity contribution is 0.120. The zero-order chi connectivity index (χ0) is 12.3. The van der Waals surface area contributed by atoms with Gasteiger partial charge in [0.2, 0.25) is 0 Å². The van der Waals surface area contributed by atoms with E-state index in [0.29, 0.717) is 6.54 Å². The molecule has 1 aliphatic carbocycles. The Morgan fingerprint density at radius 2 is 2.00 bits per heavy atom. The van der Waals surface area contributed by atoms with E-state index in [1.807, 2.05) is 13.8 Å². The summed E-state index contributed by atoms with van der Waals surface area (Å²) in [5, 5.41) is 12.6. The highest BCUT2D eigenvalue weighted by atomic mass is 32.2. The van der Waals surface area contributed by atoms with Crippen molar-refractivity contribution in [2.75, 3.05) is 12.8 Å². The fraction of sp³-hybridized carbons (Fsp3) is 1.00. The Balaban J connectivity index is 2.48. The zero-order valence-corrected chi connectivity index (χ0v) is 11.1. The summed E-state index contributed by atoms with van der Waals surface area (Å²) < 4.78 is 23.0. The predicted molar refractivity (Wildman–Crippen MR) is 65.1 cm³/mol. The standard InChI is InChI=1S/C11H23NO3S/c1-8(2)10(13)7-12-9-5-4-6-11(9)16(3,14)15/h8-13H,4-7H2,1-3H3. The van der Waals surface area contributed by atoms with E-state index in [1.54, 1.807) is 0 Å². The van der Waals surface area contributed by atoms with Gasteiger partial charge in [-0.3, -0.25) is 0 Å². The van der Waals surface area contributed by atoms with Crippen molar-refractivity contribution in [3.05, 3.63) is 0 Å². The predicted octanol–water partition coefficient (Wildman–Crippen LogP) is 0.559. The van der Waals surface area contributed by atoms with E-state index in [0.717, 1.165) is 19.3 Å². The van der Waals surface area contributed by atoms with Crippen molar-refractivity contribution in [1.29, 1.82) is 0 Å². The van der Waals surface area contributed by atoms with Gasteiger partial charge in [-0.1, -0.05) is 20.3 Å². The molecule has 1 rings (SSSR count). The van der Waals surface area contributed by atoms with Crippen LogP contribution in [-0.4, -0.2) is 43.7 Å². The van der Waals surface area contributed by atoms with Crippen LogP contribution in [0.1, 0.15) is 33.1 Å². The molecule has 0 aromatic rings. The van der Waals surface area contributed by atoms with Gasteiger partial charge in [-0.25, -0.2) is 8.42 Å². The molecule has 3 unspecified atom stereocenters. The molecule has 5 heteroatoms. The number of hydrogen-bond acceptors (Lipinski definition) is 4. The van der Waals surface area contributed by atoms with Gasteiger partial charge in [-0.2, -0.15) is 0 Å². The number of sulfone groups is 1. The van der Waals surface area contributed by atoms with Crippen LogP contribution in [0, 0.1) is 5.92 Å². The summed E-state index contributed by atoms with van der Waals surface area (Å²) in [7, 11) is -2.96. The average Bonchev–Trinajstić information content (AvgIpc) is 2.60. The Kier molecular flexibility index (Phi) is 4.76. The monoisotopic (exact) mass is 249 g/mol. The van der Waals surface area contributed by atoms with Gasteiger partial charge < -0.3 is 10.4 Å². The lowest BCUT2D eigenvalue weighted by Crippen LogP contribution is -2.44. The fourth-order valence-corrected chi connectivity index (χ4v) is 3.60. The van der Waals surface area contributed by atoms with Crippen molar-refractivity contribution in [2.24, 2.45) is 5.92 Å². The van der Waals surface area contributed by atoms with E-state index in [2.05, 4.69) is 5.32 Å². The van der Waals surface area contributed by atoms with Crippen LogP contribution in [0.15, 0.2) is 0 Å². The molecule has 1 fully saturated rings. The highest BCUT2D eigenvalue weighted by molar-refractivity contribution is 7.91. The molecule has 16 heavy (non-hydrogen) atoms. The first kappa shape index (κ1) is 13.9. The minimum atomic E-state index is -2.96. The summed E-state index contributed by atoms with van der Waals surface area (Å²) >= 11 is 0. The van der Waals surface area contributed by atoms with Crippen molar-refractivity contribution in [3.8, 4) is 0 Å². The summed E-state index contributed by atoms with van der Waals surface area (Å²) in [5.41, 5.74) is 0. The van der Waals surface area contributed by atoms with Gasteiger partial charge in [0.05, 0.1) is 11.4 Å². The number of nitrogens with one attached hydrogen (secondary N) is 1. The van der Waals surface area contributed by atoms with Crippen LogP contribution in [0.5, 0.6) is 0 Å². The van der Waals surface area contributed by atoms with Gasteiger partial charge >= 0.3 is 0 Å². The molecular weight excluding hydrogens is 226 g/mol. The SMILES string of the molecule is CC(C)C(O)CNC1CCCC1S(C)(=O)=O. The fourth-order valence-electron chi connectivity index (χ4n) is 2.18. The molecule has 0 aliphatic heterocycles. The van der Waals surface area contributed by atoms with E-state index in [9.17, 15) is 13.5 Å². The van der Waals surface area contributed by atoms with Gasteiger partial charge in [0, 0.05) is 18.8 Å². The van der Waals surface area contributed by atoms with E-state index in [1.165, 1.54) is 6.26 Å². The van der Waals surface area contributed by atoms with E-state index >= 15 is 0 Å². The van der Waals surface area contributed by atoms with Gasteiger partial charge in [0.15, 0.2) is 9.84 Å². The average molecular weight is 249 g/mol. The van der Waals surface area contributed by atoms with Crippen LogP contribution in [0.25, 0.3) is 0 Å². The van der Waals surface area contributed by atoms with Crippen molar-refractivity contribution in [3.63, 3.8) is 0 Å². The number of aliphatic hydroxyl groups excluding tert-OH is 1. The molecule has 1 aliphatic rings. The first-order valence-electron chi connectivity index (χ1n) is 5.92. The third-order valence-corrected chi connectivity index (χ3v) is 5.03. The second-order valence-electron chi connectivity index (χ2n) is 5.12. The van der Waals surface area contributed by atoms with E-state index < -0.39 is 15.9 Å². The van der Waals surface area contributed by atoms with E-state index in [4.69, 9.17) is 0 Å². The molecule has 3 atom stereocenters. The number of aliphatic hydroxyl groups is 1. The third-order valence-electron chi connectivity index (χ3n) is 3.36. The van der Waals surface area contributed by atoms with Crippen molar-refractivity contribution in [1.82, 2.24) is 5.32 Å². The van der Waals surface area contributed by atoms with Crippen LogP contribution in [-0.2, 0) is 9.84 Å². The summed E-state index contributed by atoms with van der Waals surface area (Å²) in [4.78, 5) is 0. The molecule has 0 bridgehead atoms. The lowest BCUT2D eigenvalue weighted by Gasteiger charge is -2.22. The lowest BCUT2D eigenvalue weighted by atomic mass is 10.1. The Labute approximate surface area is 98.4 Å². The largest absolute Gasteiger partial charge is 0.392 e. The van der Waals surface area contributed by atoms with Gasteiger partial charge in [-0.15, -0.1) is 0 Å². The molecule has 96 valence electrons. The van der Waals surface area contributed by atoms with Crippen LogP contribution >= 0.6 is 0 Å². The van der Waals surface area contributed by atoms with Crippen molar-refractivity contribution >= 4 is 9.84 Å². The van der Waals surface area contributed by atoms with Crippen LogP contribution in [0.2, 0.25) is 0 Å². The maximum atomic E-state index is 11.5. The third kappa shape index (κ3) is 3.71. The molecule has 0 spiro atoms. The summed E-state index contributed by atoms with van der Waals surface area (Å²) in [5.74, 6) is 0.200. The second kappa shape index (κ2) is 5.47. The van der Waals surface area contributed by atoms with Crippen molar-refractivity contribution in [2.45, 2.75) is 50.5 Å². The topological polar surface area (TPSA) is 66.4 Å². The molecule has 4 nitrogen and oxygen atoms in total. The Bertz CT molecular complexity index is 313. The number of hydrogen-bond donors (Lipinski definition) is 2. The maximum Gasteiger partial charge on any atom is 0.151 e. The maximum absolute atomic E-state index is 11.5. The molecule has 1 saturated carbocycles. The zero-order valence-electron chi connectivity index (χ0n) is 10.3. The molecular formula is C11H23NO3S. The normalized spacial score (nSPS) is 28.6. The Morgan fingerprint density at radius 3 is 2.50 bits per heavy atom. The Hall–Kier alpha value is -0.130. The summed E-state index contributed by atoms with van der Waals surface area (Å²) in [6.45, 7) is 4.39. The van der Waals surface area contributed by atoms with Gasteiger partial charge in [-0.05, 0) is 18.8 Å². The van der Waals surface area contributed by atoms with Gasteiger partial charge in [0.25, 0.3) is 0 Å². The second-order valence-corrected chi connectivity index (χ2v) is 7.39. The summed E-state index contributed by atoms with van der Waals surface area (Å²) in [6.07, 6.45) is 3.49. The van der Waals surface area contributed by atoms with Crippen LogP contribution < -0.4 is 5.32 Å². The molecule has 0 aromatic heterocycles. The minimum Gasteiger partial charge on any atom is -0.392 e. The first-order chi connectivity index (χ1) is 7.32. The highest BCUT2D eigenvalue weighted by Gasteiger charge is 2.34. The number of rotatable bonds is 5. The molecule has 0 amide bonds. The smallest absolute Gasteiger partial charge is 0.151 e. The quantitative estimate of drug-likeness (QED) is 0.747. The molecule has 0 heterocycles. The molecule has 0 radical (unpaired) electrons. The first-order valence-corrected chi connectivity index (χ1v) is 7.88. The minimum absolute atomic E-state index is 0.0170. The summed E-state index contributed by atoms with van der Waals surface area (Å²) in [6, 6.07) is 0.0170. The Morgan fingerprint density at radius 1 is 1.38 bits per heavy atom. The van der Waals surface area contributed by atoms with Crippen LogP contribution in [0.3, 0.4) is 0 Å². The highest BCUT2D eigenvalue weighted by Crippen LogP contribution is 2.25.